The summed E-state index contributed by atoms with van der Waals surface area (Å²) in [6.45, 7) is 9.09. The number of quaternary nitrogens is 1. The Morgan fingerprint density at radius 2 is 1.82 bits per heavy atom. The molecule has 0 bridgehead atoms. The SMILES string of the molecule is CCCc1c(O)nc(SCC[NH+](CC)CC)n(C(=O)c2ccccc2)c1=O.[Cl-]. The molecule has 0 radical (unpaired) electrons. The van der Waals surface area contributed by atoms with Gasteiger partial charge in [-0.2, -0.15) is 4.98 Å². The van der Waals surface area contributed by atoms with Gasteiger partial charge in [0, 0.05) is 5.56 Å². The molecule has 154 valence electrons. The highest BCUT2D eigenvalue weighted by atomic mass is 35.5. The van der Waals surface area contributed by atoms with Gasteiger partial charge < -0.3 is 22.4 Å². The number of nitrogens with one attached hydrogen (secondary N) is 1. The lowest BCUT2D eigenvalue weighted by molar-refractivity contribution is -0.893. The van der Waals surface area contributed by atoms with Crippen molar-refractivity contribution < 1.29 is 27.2 Å². The molecule has 0 atom stereocenters. The molecule has 8 heteroatoms. The fourth-order valence-corrected chi connectivity index (χ4v) is 3.89. The summed E-state index contributed by atoms with van der Waals surface area (Å²) >= 11 is 1.33. The summed E-state index contributed by atoms with van der Waals surface area (Å²) < 4.78 is 1.11. The zero-order valence-corrected chi connectivity index (χ0v) is 18.1. The molecule has 0 aliphatic heterocycles. The normalized spacial score (nSPS) is 10.7. The van der Waals surface area contributed by atoms with Crippen LogP contribution in [0.5, 0.6) is 5.88 Å². The Kier molecular flexibility index (Phi) is 10.3. The number of halogens is 1. The zero-order chi connectivity index (χ0) is 19.8. The van der Waals surface area contributed by atoms with Gasteiger partial charge in [-0.25, -0.2) is 4.57 Å². The van der Waals surface area contributed by atoms with Crippen molar-refractivity contribution in [3.8, 4) is 5.88 Å². The van der Waals surface area contributed by atoms with Crippen molar-refractivity contribution in [3.05, 3.63) is 51.8 Å². The first-order valence-corrected chi connectivity index (χ1v) is 10.4. The van der Waals surface area contributed by atoms with Crippen LogP contribution in [0.3, 0.4) is 0 Å². The van der Waals surface area contributed by atoms with Crippen molar-refractivity contribution in [1.29, 1.82) is 0 Å². The molecule has 2 rings (SSSR count). The predicted octanol–water partition coefficient (Wildman–Crippen LogP) is -1.39. The molecule has 0 saturated carbocycles. The Bertz CT molecular complexity index is 823. The van der Waals surface area contributed by atoms with Gasteiger partial charge in [-0.05, 0) is 32.4 Å². The average molecular weight is 426 g/mol. The van der Waals surface area contributed by atoms with Crippen molar-refractivity contribution in [2.24, 2.45) is 0 Å². The van der Waals surface area contributed by atoms with E-state index in [0.29, 0.717) is 24.2 Å². The van der Waals surface area contributed by atoms with E-state index in [1.54, 1.807) is 24.3 Å². The van der Waals surface area contributed by atoms with Gasteiger partial charge in [-0.1, -0.05) is 43.3 Å². The van der Waals surface area contributed by atoms with Crippen molar-refractivity contribution in [3.63, 3.8) is 0 Å². The summed E-state index contributed by atoms with van der Waals surface area (Å²) in [7, 11) is 0. The largest absolute Gasteiger partial charge is 1.00 e. The van der Waals surface area contributed by atoms with Crippen molar-refractivity contribution in [1.82, 2.24) is 9.55 Å². The number of aromatic nitrogens is 2. The van der Waals surface area contributed by atoms with E-state index in [2.05, 4.69) is 18.8 Å². The van der Waals surface area contributed by atoms with E-state index in [4.69, 9.17) is 0 Å². The first-order valence-electron chi connectivity index (χ1n) is 9.44. The molecule has 0 aliphatic rings. The Hall–Kier alpha value is -1.83. The van der Waals surface area contributed by atoms with Gasteiger partial charge in [0.15, 0.2) is 5.16 Å². The third-order valence-electron chi connectivity index (χ3n) is 4.53. The number of nitrogens with zero attached hydrogens (tertiary/aromatic N) is 2. The van der Waals surface area contributed by atoms with E-state index in [1.165, 1.54) is 16.7 Å². The van der Waals surface area contributed by atoms with Gasteiger partial charge in [0.05, 0.1) is 31.0 Å². The third-order valence-corrected chi connectivity index (χ3v) is 5.47. The van der Waals surface area contributed by atoms with Gasteiger partial charge in [0.25, 0.3) is 11.5 Å². The highest BCUT2D eigenvalue weighted by Gasteiger charge is 2.22. The molecule has 0 spiro atoms. The molecule has 1 heterocycles. The highest BCUT2D eigenvalue weighted by Crippen LogP contribution is 2.20. The van der Waals surface area contributed by atoms with Crippen LogP contribution in [0.15, 0.2) is 40.3 Å². The number of hydrogen-bond donors (Lipinski definition) is 2. The standard InChI is InChI=1S/C20H27N3O3S.ClH/c1-4-10-16-17(24)21-20(27-14-13-22(5-2)6-3)23(19(16)26)18(25)15-11-8-7-9-12-15;/h7-9,11-12,24H,4-6,10,13-14H2,1-3H3;1H. The zero-order valence-electron chi connectivity index (χ0n) is 16.6. The van der Waals surface area contributed by atoms with Gasteiger partial charge in [0.1, 0.15) is 0 Å². The molecule has 1 aromatic heterocycles. The van der Waals surface area contributed by atoms with Crippen LogP contribution in [0, 0.1) is 0 Å². The van der Waals surface area contributed by atoms with Crippen molar-refractivity contribution >= 4 is 17.7 Å². The van der Waals surface area contributed by atoms with E-state index < -0.39 is 11.5 Å². The number of aromatic hydroxyl groups is 1. The monoisotopic (exact) mass is 425 g/mol. The number of hydrogen-bond acceptors (Lipinski definition) is 5. The first kappa shape index (κ1) is 24.2. The number of carbonyl (C=O) groups is 1. The van der Waals surface area contributed by atoms with Crippen LogP contribution in [-0.2, 0) is 6.42 Å². The van der Waals surface area contributed by atoms with E-state index in [9.17, 15) is 14.7 Å². The summed E-state index contributed by atoms with van der Waals surface area (Å²) in [5.74, 6) is 0.0257. The molecule has 0 saturated heterocycles. The minimum Gasteiger partial charge on any atom is -1.00 e. The van der Waals surface area contributed by atoms with Gasteiger partial charge >= 0.3 is 0 Å². The number of carbonyl (C=O) groups excluding carboxylic acids is 1. The summed E-state index contributed by atoms with van der Waals surface area (Å²) in [6, 6.07) is 8.69. The van der Waals surface area contributed by atoms with Crippen LogP contribution in [0.4, 0.5) is 0 Å². The molecule has 0 fully saturated rings. The highest BCUT2D eigenvalue weighted by molar-refractivity contribution is 7.99. The maximum atomic E-state index is 13.0. The van der Waals surface area contributed by atoms with E-state index >= 15 is 0 Å². The second kappa shape index (κ2) is 11.9. The smallest absolute Gasteiger partial charge is 0.268 e. The van der Waals surface area contributed by atoms with Crippen LogP contribution in [0.2, 0.25) is 0 Å². The molecule has 0 aliphatic carbocycles. The summed E-state index contributed by atoms with van der Waals surface area (Å²) in [5, 5.41) is 10.5. The molecule has 6 nitrogen and oxygen atoms in total. The van der Waals surface area contributed by atoms with Crippen LogP contribution in [0.1, 0.15) is 43.1 Å². The lowest BCUT2D eigenvalue weighted by atomic mass is 10.2. The predicted molar refractivity (Wildman–Crippen MR) is 108 cm³/mol. The molecule has 2 aromatic rings. The fraction of sp³-hybridized carbons (Fsp3) is 0.450. The minimum atomic E-state index is -0.476. The lowest BCUT2D eigenvalue weighted by Crippen LogP contribution is -3.11. The molecular formula is C20H28ClN3O3S. The molecule has 1 aromatic carbocycles. The summed E-state index contributed by atoms with van der Waals surface area (Å²) in [4.78, 5) is 31.6. The Labute approximate surface area is 176 Å². The van der Waals surface area contributed by atoms with E-state index in [0.717, 1.165) is 24.2 Å². The molecule has 2 N–H and O–H groups in total. The van der Waals surface area contributed by atoms with Crippen molar-refractivity contribution in [2.75, 3.05) is 25.4 Å². The van der Waals surface area contributed by atoms with Gasteiger partial charge in [0.2, 0.25) is 5.88 Å². The Morgan fingerprint density at radius 3 is 2.39 bits per heavy atom. The molecular weight excluding hydrogens is 398 g/mol. The van der Waals surface area contributed by atoms with E-state index in [-0.39, 0.29) is 29.0 Å². The van der Waals surface area contributed by atoms with E-state index in [1.807, 2.05) is 13.0 Å². The first-order chi connectivity index (χ1) is 13.0. The van der Waals surface area contributed by atoms with Crippen LogP contribution >= 0.6 is 11.8 Å². The summed E-state index contributed by atoms with van der Waals surface area (Å²) in [5.41, 5.74) is 0.141. The molecule has 28 heavy (non-hydrogen) atoms. The topological polar surface area (TPSA) is 76.6 Å². The van der Waals surface area contributed by atoms with Crippen LogP contribution in [-0.4, -0.2) is 46.0 Å². The second-order valence-corrected chi connectivity index (χ2v) is 7.38. The minimum absolute atomic E-state index is 0. The maximum absolute atomic E-state index is 13.0. The molecule has 0 unspecified atom stereocenters. The van der Waals surface area contributed by atoms with Crippen LogP contribution in [0.25, 0.3) is 0 Å². The maximum Gasteiger partial charge on any atom is 0.268 e. The molecule has 0 amide bonds. The summed E-state index contributed by atoms with van der Waals surface area (Å²) in [6.07, 6.45) is 1.07. The average Bonchev–Trinajstić information content (AvgIpc) is 2.68. The second-order valence-electron chi connectivity index (χ2n) is 6.31. The van der Waals surface area contributed by atoms with Gasteiger partial charge in [-0.3, -0.25) is 9.59 Å². The Balaban J connectivity index is 0.00000392. The van der Waals surface area contributed by atoms with Gasteiger partial charge in [-0.15, -0.1) is 0 Å². The third kappa shape index (κ3) is 5.83. The fourth-order valence-electron chi connectivity index (χ4n) is 2.87. The van der Waals surface area contributed by atoms with Crippen LogP contribution < -0.4 is 22.9 Å². The lowest BCUT2D eigenvalue weighted by Gasteiger charge is -2.16. The van der Waals surface area contributed by atoms with Crippen molar-refractivity contribution in [2.45, 2.75) is 38.8 Å². The number of thioether (sulfide) groups is 1. The Morgan fingerprint density at radius 1 is 1.18 bits per heavy atom. The quantitative estimate of drug-likeness (QED) is 0.382. The number of benzene rings is 1. The number of rotatable bonds is 9.